The van der Waals surface area contributed by atoms with Gasteiger partial charge in [-0.3, -0.25) is 0 Å². The quantitative estimate of drug-likeness (QED) is 0.907. The van der Waals surface area contributed by atoms with Crippen LogP contribution in [0.2, 0.25) is 0 Å². The highest BCUT2D eigenvalue weighted by Crippen LogP contribution is 2.20. The molecule has 0 aliphatic carbocycles. The Balaban J connectivity index is 2.19. The van der Waals surface area contributed by atoms with Crippen LogP contribution >= 0.6 is 11.3 Å². The first-order valence-electron chi connectivity index (χ1n) is 5.22. The van der Waals surface area contributed by atoms with E-state index in [1.165, 1.54) is 34.8 Å². The monoisotopic (exact) mass is 287 g/mol. The third-order valence-corrected chi connectivity index (χ3v) is 4.95. The molecule has 0 spiro atoms. The van der Waals surface area contributed by atoms with Gasteiger partial charge < -0.3 is 9.52 Å². The summed E-state index contributed by atoms with van der Waals surface area (Å²) >= 11 is 1.50. The molecule has 98 valence electrons. The summed E-state index contributed by atoms with van der Waals surface area (Å²) in [4.78, 5) is 0.954. The van der Waals surface area contributed by atoms with Crippen molar-refractivity contribution in [3.8, 4) is 0 Å². The first-order valence-corrected chi connectivity index (χ1v) is 7.54. The van der Waals surface area contributed by atoms with Gasteiger partial charge in [-0.15, -0.1) is 11.3 Å². The van der Waals surface area contributed by atoms with E-state index in [-0.39, 0.29) is 17.5 Å². The third kappa shape index (κ3) is 2.64. The molecule has 0 unspecified atom stereocenters. The Morgan fingerprint density at radius 3 is 2.72 bits per heavy atom. The van der Waals surface area contributed by atoms with Gasteiger partial charge in [0.25, 0.3) is 10.0 Å². The van der Waals surface area contributed by atoms with Crippen molar-refractivity contribution >= 4 is 21.4 Å². The predicted molar refractivity (Wildman–Crippen MR) is 67.6 cm³/mol. The van der Waals surface area contributed by atoms with E-state index in [4.69, 9.17) is 9.52 Å². The summed E-state index contributed by atoms with van der Waals surface area (Å²) in [5.74, 6) is 0.234. The van der Waals surface area contributed by atoms with Crippen LogP contribution in [0, 0.1) is 0 Å². The zero-order chi connectivity index (χ0) is 13.2. The van der Waals surface area contributed by atoms with Crippen LogP contribution in [-0.2, 0) is 23.2 Å². The molecule has 7 heteroatoms. The molecule has 2 heterocycles. The Morgan fingerprint density at radius 2 is 2.17 bits per heavy atom. The number of furan rings is 1. The molecule has 0 saturated heterocycles. The van der Waals surface area contributed by atoms with Crippen molar-refractivity contribution in [1.82, 2.24) is 4.31 Å². The highest BCUT2D eigenvalue weighted by Gasteiger charge is 2.24. The number of rotatable bonds is 5. The van der Waals surface area contributed by atoms with Crippen molar-refractivity contribution in [3.63, 3.8) is 0 Å². The van der Waals surface area contributed by atoms with E-state index < -0.39 is 10.0 Å². The second-order valence-corrected chi connectivity index (χ2v) is 6.73. The fourth-order valence-electron chi connectivity index (χ4n) is 1.44. The molecule has 2 aromatic rings. The minimum Gasteiger partial charge on any atom is -0.446 e. The molecule has 0 aliphatic heterocycles. The lowest BCUT2D eigenvalue weighted by Gasteiger charge is -2.14. The van der Waals surface area contributed by atoms with Crippen molar-refractivity contribution in [1.29, 1.82) is 0 Å². The first-order chi connectivity index (χ1) is 8.54. The largest absolute Gasteiger partial charge is 0.446 e. The topological polar surface area (TPSA) is 70.8 Å². The number of hydrogen-bond acceptors (Lipinski definition) is 5. The van der Waals surface area contributed by atoms with E-state index in [1.54, 1.807) is 0 Å². The molecule has 0 aliphatic rings. The van der Waals surface area contributed by atoms with E-state index in [0.29, 0.717) is 6.54 Å². The lowest BCUT2D eigenvalue weighted by atomic mass is 10.5. The Labute approximate surface area is 109 Å². The average molecular weight is 287 g/mol. The van der Waals surface area contributed by atoms with Crippen LogP contribution in [0.25, 0.3) is 0 Å². The van der Waals surface area contributed by atoms with Gasteiger partial charge in [-0.2, -0.15) is 4.31 Å². The van der Waals surface area contributed by atoms with E-state index in [9.17, 15) is 8.42 Å². The first kappa shape index (κ1) is 13.3. The Hall–Kier alpha value is -1.15. The maximum absolute atomic E-state index is 12.1. The summed E-state index contributed by atoms with van der Waals surface area (Å²) in [6.45, 7) is -0.0146. The number of aliphatic hydroxyl groups is 1. The molecule has 2 aromatic heterocycles. The molecule has 2 rings (SSSR count). The molecule has 5 nitrogen and oxygen atoms in total. The Kier molecular flexibility index (Phi) is 3.86. The Bertz CT molecular complexity index is 601. The summed E-state index contributed by atoms with van der Waals surface area (Å²) in [6.07, 6.45) is 0. The van der Waals surface area contributed by atoms with Crippen molar-refractivity contribution in [2.24, 2.45) is 0 Å². The van der Waals surface area contributed by atoms with Gasteiger partial charge in [-0.25, -0.2) is 8.42 Å². The van der Waals surface area contributed by atoms with E-state index in [2.05, 4.69) is 0 Å². The smallest absolute Gasteiger partial charge is 0.276 e. The number of nitrogens with zero attached hydrogens (tertiary/aromatic N) is 1. The molecule has 1 N–H and O–H groups in total. The molecule has 0 aromatic carbocycles. The summed E-state index contributed by atoms with van der Waals surface area (Å²) in [6, 6.07) is 6.55. The van der Waals surface area contributed by atoms with Crippen LogP contribution in [0.3, 0.4) is 0 Å². The lowest BCUT2D eigenvalue weighted by Crippen LogP contribution is -2.25. The maximum Gasteiger partial charge on any atom is 0.276 e. The van der Waals surface area contributed by atoms with Gasteiger partial charge in [0, 0.05) is 18.5 Å². The van der Waals surface area contributed by atoms with E-state index in [0.717, 1.165) is 4.88 Å². The minimum atomic E-state index is -3.64. The van der Waals surface area contributed by atoms with E-state index in [1.807, 2.05) is 17.5 Å². The van der Waals surface area contributed by atoms with Gasteiger partial charge >= 0.3 is 0 Å². The third-order valence-electron chi connectivity index (χ3n) is 2.42. The SMILES string of the molecule is CN(Cc1cccs1)S(=O)(=O)c1ccc(CO)o1. The van der Waals surface area contributed by atoms with Crippen molar-refractivity contribution in [2.75, 3.05) is 7.05 Å². The molecular formula is C11H13NO4S2. The van der Waals surface area contributed by atoms with Crippen LogP contribution in [0.4, 0.5) is 0 Å². The summed E-state index contributed by atoms with van der Waals surface area (Å²) in [5.41, 5.74) is 0. The number of hydrogen-bond donors (Lipinski definition) is 1. The van der Waals surface area contributed by atoms with Gasteiger partial charge in [-0.1, -0.05) is 6.07 Å². The standard InChI is InChI=1S/C11H13NO4S2/c1-12(7-10-3-2-6-17-10)18(14,15)11-5-4-9(8-13)16-11/h2-6,13H,7-8H2,1H3. The van der Waals surface area contributed by atoms with Crippen LogP contribution in [-0.4, -0.2) is 24.9 Å². The van der Waals surface area contributed by atoms with Gasteiger partial charge in [0.05, 0.1) is 0 Å². The summed E-state index contributed by atoms with van der Waals surface area (Å²) < 4.78 is 30.6. The van der Waals surface area contributed by atoms with Crippen LogP contribution in [0.5, 0.6) is 0 Å². The second-order valence-electron chi connectivity index (χ2n) is 3.72. The molecule has 0 saturated carbocycles. The molecule has 0 fully saturated rings. The summed E-state index contributed by atoms with van der Waals surface area (Å²) in [7, 11) is -2.15. The molecule has 0 bridgehead atoms. The van der Waals surface area contributed by atoms with Crippen molar-refractivity contribution in [3.05, 3.63) is 40.3 Å². The Morgan fingerprint density at radius 1 is 1.39 bits per heavy atom. The van der Waals surface area contributed by atoms with Crippen LogP contribution in [0.15, 0.2) is 39.2 Å². The molecular weight excluding hydrogens is 274 g/mol. The highest BCUT2D eigenvalue weighted by molar-refractivity contribution is 7.88. The van der Waals surface area contributed by atoms with Crippen molar-refractivity contribution < 1.29 is 17.9 Å². The van der Waals surface area contributed by atoms with Crippen LogP contribution in [0.1, 0.15) is 10.6 Å². The van der Waals surface area contributed by atoms with Gasteiger partial charge in [0.2, 0.25) is 5.09 Å². The zero-order valence-corrected chi connectivity index (χ0v) is 11.4. The van der Waals surface area contributed by atoms with Gasteiger partial charge in [-0.05, 0) is 23.6 Å². The molecule has 18 heavy (non-hydrogen) atoms. The summed E-state index contributed by atoms with van der Waals surface area (Å²) in [5, 5.41) is 10.6. The number of sulfonamides is 1. The molecule has 0 amide bonds. The van der Waals surface area contributed by atoms with Gasteiger partial charge in [0.15, 0.2) is 0 Å². The second kappa shape index (κ2) is 5.23. The van der Waals surface area contributed by atoms with E-state index >= 15 is 0 Å². The zero-order valence-electron chi connectivity index (χ0n) is 9.74. The molecule has 0 radical (unpaired) electrons. The average Bonchev–Trinajstić information content (AvgIpc) is 2.99. The molecule has 0 atom stereocenters. The van der Waals surface area contributed by atoms with Crippen LogP contribution < -0.4 is 0 Å². The predicted octanol–water partition coefficient (Wildman–Crippen LogP) is 1.65. The fraction of sp³-hybridized carbons (Fsp3) is 0.273. The lowest BCUT2D eigenvalue weighted by molar-refractivity contribution is 0.235. The number of thiophene rings is 1. The van der Waals surface area contributed by atoms with Gasteiger partial charge in [0.1, 0.15) is 12.4 Å². The van der Waals surface area contributed by atoms with Crippen molar-refractivity contribution in [2.45, 2.75) is 18.2 Å². The normalized spacial score (nSPS) is 12.2. The number of aliphatic hydroxyl groups excluding tert-OH is 1. The minimum absolute atomic E-state index is 0.148. The fourth-order valence-corrected chi connectivity index (χ4v) is 3.35. The highest BCUT2D eigenvalue weighted by atomic mass is 32.2. The maximum atomic E-state index is 12.1.